The topological polar surface area (TPSA) is 108 Å². The molecular formula is C46H83NO8P+. The summed E-state index contributed by atoms with van der Waals surface area (Å²) < 4.78 is 34.3. The summed E-state index contributed by atoms with van der Waals surface area (Å²) in [5.74, 6) is -0.824. The van der Waals surface area contributed by atoms with E-state index in [-0.39, 0.29) is 32.0 Å². The van der Waals surface area contributed by atoms with Crippen LogP contribution in [0.25, 0.3) is 0 Å². The van der Waals surface area contributed by atoms with Gasteiger partial charge in [-0.25, -0.2) is 4.57 Å². The summed E-state index contributed by atoms with van der Waals surface area (Å²) in [5.41, 5.74) is 0. The molecule has 0 rings (SSSR count). The molecular weight excluding hydrogens is 725 g/mol. The van der Waals surface area contributed by atoms with Crippen molar-refractivity contribution >= 4 is 19.8 Å². The third-order valence-electron chi connectivity index (χ3n) is 9.03. The Morgan fingerprint density at radius 2 is 1.02 bits per heavy atom. The van der Waals surface area contributed by atoms with E-state index in [2.05, 4.69) is 74.6 Å². The first-order valence-electron chi connectivity index (χ1n) is 22.0. The molecule has 324 valence electrons. The van der Waals surface area contributed by atoms with Crippen LogP contribution >= 0.6 is 7.82 Å². The molecule has 1 N–H and O–H groups in total. The van der Waals surface area contributed by atoms with E-state index >= 15 is 0 Å². The standard InChI is InChI=1S/C46H82NO8P/c1-6-8-10-12-14-16-18-19-20-21-22-23-24-25-26-27-29-31-33-35-37-39-46(49)55-44(43-54-56(50,51)53-41-40-47(3,4)5)42-52-45(48)38-36-34-32-30-28-17-15-13-11-9-7-2/h8,10,13-16,19-20,22-23,44H,6-7,9,11-12,17-18,21,24-43H2,1-5H3/p+1/b10-8-,15-13-,16-14-,20-19-,23-22-. The van der Waals surface area contributed by atoms with Crippen LogP contribution in [-0.2, 0) is 32.7 Å². The van der Waals surface area contributed by atoms with Crippen molar-refractivity contribution in [2.75, 3.05) is 47.5 Å². The number of hydrogen-bond acceptors (Lipinski definition) is 7. The Balaban J connectivity index is 4.33. The zero-order valence-electron chi connectivity index (χ0n) is 36.3. The van der Waals surface area contributed by atoms with Crippen LogP contribution in [0.15, 0.2) is 60.8 Å². The van der Waals surface area contributed by atoms with Crippen LogP contribution in [0, 0.1) is 0 Å². The van der Waals surface area contributed by atoms with Crippen molar-refractivity contribution in [2.45, 2.75) is 174 Å². The van der Waals surface area contributed by atoms with Crippen molar-refractivity contribution in [3.05, 3.63) is 60.8 Å². The van der Waals surface area contributed by atoms with Gasteiger partial charge in [-0.1, -0.05) is 145 Å². The third kappa shape index (κ3) is 41.3. The van der Waals surface area contributed by atoms with Gasteiger partial charge < -0.3 is 18.9 Å². The van der Waals surface area contributed by atoms with Gasteiger partial charge in [0.05, 0.1) is 27.7 Å². The Morgan fingerprint density at radius 3 is 1.54 bits per heavy atom. The fourth-order valence-corrected chi connectivity index (χ4v) is 6.31. The van der Waals surface area contributed by atoms with Gasteiger partial charge in [0.1, 0.15) is 19.8 Å². The van der Waals surface area contributed by atoms with E-state index in [0.29, 0.717) is 17.4 Å². The van der Waals surface area contributed by atoms with Gasteiger partial charge in [-0.3, -0.25) is 18.6 Å². The molecule has 0 radical (unpaired) electrons. The second-order valence-corrected chi connectivity index (χ2v) is 17.1. The summed E-state index contributed by atoms with van der Waals surface area (Å²) in [4.78, 5) is 35.3. The minimum atomic E-state index is -4.38. The van der Waals surface area contributed by atoms with Gasteiger partial charge in [-0.15, -0.1) is 0 Å². The molecule has 0 spiro atoms. The number of esters is 2. The predicted molar refractivity (Wildman–Crippen MR) is 233 cm³/mol. The van der Waals surface area contributed by atoms with Crippen molar-refractivity contribution in [2.24, 2.45) is 0 Å². The molecule has 9 nitrogen and oxygen atoms in total. The van der Waals surface area contributed by atoms with E-state index in [9.17, 15) is 19.0 Å². The molecule has 0 aromatic rings. The smallest absolute Gasteiger partial charge is 0.462 e. The Hall–Kier alpha value is -2.29. The number of hydrogen-bond donors (Lipinski definition) is 1. The SMILES string of the molecule is CC/C=C\C/C=C\C/C=C\C/C=C\CCCCCCCCCCC(=O)OC(COC(=O)CCCCCCC/C=C\CCCC)COP(=O)(O)OCC[N+](C)(C)C. The van der Waals surface area contributed by atoms with Crippen LogP contribution in [0.4, 0.5) is 0 Å². The average molecular weight is 809 g/mol. The molecule has 2 unspecified atom stereocenters. The highest BCUT2D eigenvalue weighted by atomic mass is 31.2. The van der Waals surface area contributed by atoms with Crippen LogP contribution in [0.1, 0.15) is 168 Å². The molecule has 0 saturated heterocycles. The Bertz CT molecular complexity index is 1140. The van der Waals surface area contributed by atoms with Crippen molar-refractivity contribution in [1.29, 1.82) is 0 Å². The Labute approximate surface area is 343 Å². The van der Waals surface area contributed by atoms with Gasteiger partial charge in [0, 0.05) is 12.8 Å². The molecule has 0 amide bonds. The highest BCUT2D eigenvalue weighted by Crippen LogP contribution is 2.43. The van der Waals surface area contributed by atoms with E-state index in [0.717, 1.165) is 96.3 Å². The summed E-state index contributed by atoms with van der Waals surface area (Å²) in [6, 6.07) is 0. The number of phosphoric acid groups is 1. The van der Waals surface area contributed by atoms with E-state index in [1.807, 2.05) is 21.1 Å². The number of carbonyl (C=O) groups excluding carboxylic acids is 2. The zero-order chi connectivity index (χ0) is 41.4. The number of ether oxygens (including phenoxy) is 2. The molecule has 0 aromatic heterocycles. The summed E-state index contributed by atoms with van der Waals surface area (Å²) in [6.45, 7) is 4.24. The molecule has 0 aliphatic heterocycles. The Morgan fingerprint density at radius 1 is 0.571 bits per heavy atom. The van der Waals surface area contributed by atoms with E-state index in [4.69, 9.17) is 18.5 Å². The van der Waals surface area contributed by atoms with E-state index in [1.165, 1.54) is 38.5 Å². The lowest BCUT2D eigenvalue weighted by Crippen LogP contribution is -2.37. The van der Waals surface area contributed by atoms with Crippen molar-refractivity contribution in [1.82, 2.24) is 0 Å². The molecule has 56 heavy (non-hydrogen) atoms. The first-order valence-corrected chi connectivity index (χ1v) is 23.5. The van der Waals surface area contributed by atoms with Gasteiger partial charge in [0.25, 0.3) is 0 Å². The lowest BCUT2D eigenvalue weighted by atomic mass is 10.1. The number of quaternary nitrogens is 1. The molecule has 0 heterocycles. The lowest BCUT2D eigenvalue weighted by molar-refractivity contribution is -0.870. The van der Waals surface area contributed by atoms with Crippen LogP contribution in [0.2, 0.25) is 0 Å². The molecule has 0 aliphatic carbocycles. The summed E-state index contributed by atoms with van der Waals surface area (Å²) in [6.07, 6.45) is 45.5. The largest absolute Gasteiger partial charge is 0.472 e. The number of allylic oxidation sites excluding steroid dienone is 10. The predicted octanol–water partition coefficient (Wildman–Crippen LogP) is 12.5. The summed E-state index contributed by atoms with van der Waals surface area (Å²) in [5, 5.41) is 0. The molecule has 0 bridgehead atoms. The Kier molecular flexibility index (Phi) is 36.7. The number of likely N-dealkylation sites (N-methyl/N-ethyl adjacent to an activating group) is 1. The van der Waals surface area contributed by atoms with E-state index < -0.39 is 26.5 Å². The molecule has 0 aliphatic rings. The number of nitrogens with zero attached hydrogens (tertiary/aromatic N) is 1. The van der Waals surface area contributed by atoms with Gasteiger partial charge >= 0.3 is 19.8 Å². The summed E-state index contributed by atoms with van der Waals surface area (Å²) in [7, 11) is 1.46. The lowest BCUT2D eigenvalue weighted by Gasteiger charge is -2.24. The number of rotatable bonds is 39. The van der Waals surface area contributed by atoms with Gasteiger partial charge in [-0.05, 0) is 70.6 Å². The molecule has 0 saturated carbocycles. The van der Waals surface area contributed by atoms with Crippen molar-refractivity contribution in [3.63, 3.8) is 0 Å². The fraction of sp³-hybridized carbons (Fsp3) is 0.739. The monoisotopic (exact) mass is 809 g/mol. The average Bonchev–Trinajstić information content (AvgIpc) is 3.15. The molecule has 2 atom stereocenters. The number of carbonyl (C=O) groups is 2. The van der Waals surface area contributed by atoms with Gasteiger partial charge in [0.2, 0.25) is 0 Å². The minimum absolute atomic E-state index is 0.0262. The van der Waals surface area contributed by atoms with Crippen LogP contribution in [0.5, 0.6) is 0 Å². The molecule has 0 aromatic carbocycles. The first kappa shape index (κ1) is 53.7. The zero-order valence-corrected chi connectivity index (χ0v) is 37.2. The number of phosphoric ester groups is 1. The second kappa shape index (κ2) is 38.2. The maximum Gasteiger partial charge on any atom is 0.472 e. The first-order chi connectivity index (χ1) is 27.0. The van der Waals surface area contributed by atoms with E-state index in [1.54, 1.807) is 0 Å². The minimum Gasteiger partial charge on any atom is -0.462 e. The normalized spacial score (nSPS) is 14.2. The fourth-order valence-electron chi connectivity index (χ4n) is 5.57. The highest BCUT2D eigenvalue weighted by molar-refractivity contribution is 7.47. The van der Waals surface area contributed by atoms with Crippen LogP contribution < -0.4 is 0 Å². The summed E-state index contributed by atoms with van der Waals surface area (Å²) >= 11 is 0. The maximum absolute atomic E-state index is 12.7. The van der Waals surface area contributed by atoms with Crippen LogP contribution in [0.3, 0.4) is 0 Å². The van der Waals surface area contributed by atoms with Crippen LogP contribution in [-0.4, -0.2) is 74.9 Å². The van der Waals surface area contributed by atoms with Gasteiger partial charge in [-0.2, -0.15) is 0 Å². The maximum atomic E-state index is 12.7. The van der Waals surface area contributed by atoms with Crippen molar-refractivity contribution < 1.29 is 42.1 Å². The van der Waals surface area contributed by atoms with Gasteiger partial charge in [0.15, 0.2) is 6.10 Å². The molecule has 0 fully saturated rings. The van der Waals surface area contributed by atoms with Crippen molar-refractivity contribution in [3.8, 4) is 0 Å². The third-order valence-corrected chi connectivity index (χ3v) is 10.0. The highest BCUT2D eigenvalue weighted by Gasteiger charge is 2.27. The number of unbranched alkanes of at least 4 members (excludes halogenated alkanes) is 15. The second-order valence-electron chi connectivity index (χ2n) is 15.7. The quantitative estimate of drug-likeness (QED) is 0.0215. The molecule has 10 heteroatoms.